The van der Waals surface area contributed by atoms with Crippen molar-refractivity contribution in [1.82, 2.24) is 10.2 Å². The number of carbonyl (C=O) groups is 4. The Morgan fingerprint density at radius 1 is 1.34 bits per heavy atom. The number of alkyl halides is 3. The molecule has 0 spiro atoms. The molecule has 1 atom stereocenters. The molecule has 0 saturated carbocycles. The van der Waals surface area contributed by atoms with Crippen LogP contribution in [-0.4, -0.2) is 64.3 Å². The van der Waals surface area contributed by atoms with Gasteiger partial charge in [-0.15, -0.1) is 0 Å². The molecule has 1 aromatic carbocycles. The summed E-state index contributed by atoms with van der Waals surface area (Å²) >= 11 is 0.846. The molecule has 2 rings (SSSR count). The van der Waals surface area contributed by atoms with E-state index >= 15 is 0 Å². The number of nitro benzene ring substituents is 1. The van der Waals surface area contributed by atoms with Crippen molar-refractivity contribution in [3.8, 4) is 0 Å². The summed E-state index contributed by atoms with van der Waals surface area (Å²) in [5.74, 6) is -2.06. The summed E-state index contributed by atoms with van der Waals surface area (Å²) in [5.41, 5.74) is -2.45. The number of carbonyl (C=O) groups excluding carboxylic acids is 4. The van der Waals surface area contributed by atoms with Crippen LogP contribution in [0.2, 0.25) is 0 Å². The Morgan fingerprint density at radius 3 is 2.59 bits per heavy atom. The maximum absolute atomic E-state index is 12.8. The Morgan fingerprint density at radius 2 is 2.03 bits per heavy atom. The van der Waals surface area contributed by atoms with E-state index in [-0.39, 0.29) is 30.4 Å². The average molecular weight is 478 g/mol. The summed E-state index contributed by atoms with van der Waals surface area (Å²) in [6, 6.07) is 0.545. The molecule has 1 aliphatic heterocycles. The van der Waals surface area contributed by atoms with Crippen LogP contribution in [0, 0.1) is 10.1 Å². The molecular formula is C17H17F3N4O7S. The van der Waals surface area contributed by atoms with Gasteiger partial charge in [0, 0.05) is 19.2 Å². The van der Waals surface area contributed by atoms with Gasteiger partial charge in [0.25, 0.3) is 16.8 Å². The predicted molar refractivity (Wildman–Crippen MR) is 105 cm³/mol. The third-order valence-corrected chi connectivity index (χ3v) is 4.95. The van der Waals surface area contributed by atoms with Gasteiger partial charge in [0.15, 0.2) is 6.61 Å². The number of hydrogen-bond donors (Lipinski definition) is 2. The van der Waals surface area contributed by atoms with Gasteiger partial charge in [-0.2, -0.15) is 13.2 Å². The molecular weight excluding hydrogens is 461 g/mol. The third kappa shape index (κ3) is 6.57. The van der Waals surface area contributed by atoms with Crippen LogP contribution in [-0.2, 0) is 25.3 Å². The highest BCUT2D eigenvalue weighted by molar-refractivity contribution is 8.14. The maximum atomic E-state index is 12.8. The molecule has 0 radical (unpaired) electrons. The minimum Gasteiger partial charge on any atom is -0.454 e. The van der Waals surface area contributed by atoms with Crippen molar-refractivity contribution in [3.05, 3.63) is 33.9 Å². The number of esters is 1. The van der Waals surface area contributed by atoms with Crippen molar-refractivity contribution >= 4 is 46.2 Å². The number of imide groups is 1. The van der Waals surface area contributed by atoms with E-state index < -0.39 is 52.1 Å². The van der Waals surface area contributed by atoms with Crippen LogP contribution in [0.5, 0.6) is 0 Å². The number of anilines is 1. The second-order valence-corrected chi connectivity index (χ2v) is 7.34. The van der Waals surface area contributed by atoms with Crippen LogP contribution in [0.3, 0.4) is 0 Å². The fraction of sp³-hybridized carbons (Fsp3) is 0.412. The molecule has 174 valence electrons. The van der Waals surface area contributed by atoms with Crippen LogP contribution < -0.4 is 10.6 Å². The van der Waals surface area contributed by atoms with Gasteiger partial charge in [-0.3, -0.25) is 29.4 Å². The molecule has 0 aromatic heterocycles. The number of thioether (sulfide) groups is 1. The largest absolute Gasteiger partial charge is 0.454 e. The van der Waals surface area contributed by atoms with E-state index in [1.807, 2.05) is 0 Å². The van der Waals surface area contributed by atoms with Gasteiger partial charge < -0.3 is 15.4 Å². The summed E-state index contributed by atoms with van der Waals surface area (Å²) in [5, 5.41) is 15.4. The summed E-state index contributed by atoms with van der Waals surface area (Å²) in [4.78, 5) is 57.6. The standard InChI is InChI=1S/C17H17F3N4O7S/c1-9(22-11-3-2-10(17(18,19)20)6-12(11)24(29)30)15(27)31-7-13(25)21-4-5-23-14(26)8-32-16(23)28/h2-3,6,9,22H,4-5,7-8H2,1H3,(H,21,25)/t9-/m0/s1. The topological polar surface area (TPSA) is 148 Å². The summed E-state index contributed by atoms with van der Waals surface area (Å²) < 4.78 is 43.0. The number of amides is 3. The molecule has 0 unspecified atom stereocenters. The molecule has 11 nitrogen and oxygen atoms in total. The molecule has 0 bridgehead atoms. The first-order valence-corrected chi connectivity index (χ1v) is 9.91. The van der Waals surface area contributed by atoms with E-state index in [0.29, 0.717) is 12.1 Å². The van der Waals surface area contributed by atoms with Crippen LogP contribution in [0.15, 0.2) is 18.2 Å². The number of benzene rings is 1. The number of ether oxygens (including phenoxy) is 1. The molecule has 3 amide bonds. The number of hydrogen-bond acceptors (Lipinski definition) is 9. The predicted octanol–water partition coefficient (Wildman–Crippen LogP) is 1.77. The Bertz CT molecular complexity index is 925. The van der Waals surface area contributed by atoms with Crippen molar-refractivity contribution in [2.45, 2.75) is 19.1 Å². The molecule has 0 aliphatic carbocycles. The second kappa shape index (κ2) is 10.3. The molecule has 1 aromatic rings. The van der Waals surface area contributed by atoms with E-state index in [2.05, 4.69) is 10.6 Å². The average Bonchev–Trinajstić information content (AvgIpc) is 3.03. The number of nitro groups is 1. The van der Waals surface area contributed by atoms with Crippen LogP contribution in [0.25, 0.3) is 0 Å². The normalized spacial score (nSPS) is 14.8. The van der Waals surface area contributed by atoms with E-state index in [1.165, 1.54) is 6.92 Å². The van der Waals surface area contributed by atoms with E-state index in [9.17, 15) is 42.5 Å². The summed E-state index contributed by atoms with van der Waals surface area (Å²) in [6.45, 7) is 0.431. The summed E-state index contributed by atoms with van der Waals surface area (Å²) in [6.07, 6.45) is -4.78. The van der Waals surface area contributed by atoms with Crippen LogP contribution in [0.4, 0.5) is 29.3 Å². The summed E-state index contributed by atoms with van der Waals surface area (Å²) in [7, 11) is 0. The molecule has 1 fully saturated rings. The van der Waals surface area contributed by atoms with Gasteiger partial charge in [0.1, 0.15) is 11.7 Å². The lowest BCUT2D eigenvalue weighted by atomic mass is 10.1. The van der Waals surface area contributed by atoms with Gasteiger partial charge in [-0.05, 0) is 19.1 Å². The molecule has 1 saturated heterocycles. The highest BCUT2D eigenvalue weighted by Gasteiger charge is 2.33. The minimum absolute atomic E-state index is 0.0341. The van der Waals surface area contributed by atoms with E-state index in [0.717, 1.165) is 22.7 Å². The second-order valence-electron chi connectivity index (χ2n) is 6.41. The zero-order valence-electron chi connectivity index (χ0n) is 16.4. The SMILES string of the molecule is C[C@H](Nc1ccc(C(F)(F)F)cc1[N+](=O)[O-])C(=O)OCC(=O)NCCN1C(=O)CSC1=O. The fourth-order valence-electron chi connectivity index (χ4n) is 2.49. The lowest BCUT2D eigenvalue weighted by molar-refractivity contribution is -0.384. The van der Waals surface area contributed by atoms with Gasteiger partial charge in [-0.1, -0.05) is 11.8 Å². The number of nitrogens with zero attached hydrogens (tertiary/aromatic N) is 2. The van der Waals surface area contributed by atoms with Crippen molar-refractivity contribution < 1.29 is 42.0 Å². The van der Waals surface area contributed by atoms with Crippen molar-refractivity contribution in [3.63, 3.8) is 0 Å². The molecule has 15 heteroatoms. The van der Waals surface area contributed by atoms with Crippen molar-refractivity contribution in [1.29, 1.82) is 0 Å². The Hall–Kier alpha value is -3.36. The Balaban J connectivity index is 1.85. The monoisotopic (exact) mass is 478 g/mol. The number of nitrogens with one attached hydrogen (secondary N) is 2. The lowest BCUT2D eigenvalue weighted by Crippen LogP contribution is -2.39. The van der Waals surface area contributed by atoms with Crippen molar-refractivity contribution in [2.24, 2.45) is 0 Å². The molecule has 1 heterocycles. The molecule has 2 N–H and O–H groups in total. The number of rotatable bonds is 9. The zero-order chi connectivity index (χ0) is 24.1. The van der Waals surface area contributed by atoms with Gasteiger partial charge in [-0.25, -0.2) is 4.79 Å². The van der Waals surface area contributed by atoms with E-state index in [4.69, 9.17) is 4.74 Å². The highest BCUT2D eigenvalue weighted by Crippen LogP contribution is 2.35. The lowest BCUT2D eigenvalue weighted by Gasteiger charge is -2.16. The quantitative estimate of drug-likeness (QED) is 0.308. The first-order valence-electron chi connectivity index (χ1n) is 8.92. The van der Waals surface area contributed by atoms with Gasteiger partial charge in [0.05, 0.1) is 16.2 Å². The Kier molecular flexibility index (Phi) is 8.02. The zero-order valence-corrected chi connectivity index (χ0v) is 17.2. The number of halogens is 3. The van der Waals surface area contributed by atoms with Gasteiger partial charge >= 0.3 is 12.1 Å². The third-order valence-electron chi connectivity index (χ3n) is 4.09. The van der Waals surface area contributed by atoms with Crippen molar-refractivity contribution in [2.75, 3.05) is 30.8 Å². The van der Waals surface area contributed by atoms with E-state index in [1.54, 1.807) is 0 Å². The first-order chi connectivity index (χ1) is 14.9. The minimum atomic E-state index is -4.78. The highest BCUT2D eigenvalue weighted by atomic mass is 32.2. The smallest absolute Gasteiger partial charge is 0.416 e. The van der Waals surface area contributed by atoms with Gasteiger partial charge in [0.2, 0.25) is 5.91 Å². The van der Waals surface area contributed by atoms with Crippen LogP contribution in [0.1, 0.15) is 12.5 Å². The first kappa shape index (κ1) is 24.9. The molecule has 1 aliphatic rings. The Labute approximate surface area is 182 Å². The maximum Gasteiger partial charge on any atom is 0.416 e. The molecule has 32 heavy (non-hydrogen) atoms. The fourth-order valence-corrected chi connectivity index (χ4v) is 3.24. The van der Waals surface area contributed by atoms with Crippen LogP contribution >= 0.6 is 11.8 Å².